The van der Waals surface area contributed by atoms with E-state index in [9.17, 15) is 8.78 Å². The third-order valence-corrected chi connectivity index (χ3v) is 3.04. The number of benzene rings is 1. The molecule has 0 aliphatic carbocycles. The van der Waals surface area contributed by atoms with E-state index in [0.29, 0.717) is 19.4 Å². The van der Waals surface area contributed by atoms with Gasteiger partial charge in [-0.15, -0.1) is 0 Å². The molecule has 3 nitrogen and oxygen atoms in total. The Morgan fingerprint density at radius 2 is 2.11 bits per heavy atom. The van der Waals surface area contributed by atoms with Crippen LogP contribution in [-0.2, 0) is 0 Å². The van der Waals surface area contributed by atoms with E-state index in [0.717, 1.165) is 12.5 Å². The number of nitriles is 1. The molecule has 1 atom stereocenters. The number of nitrogens with zero attached hydrogens (tertiary/aromatic N) is 1. The monoisotopic (exact) mass is 268 g/mol. The Bertz CT molecular complexity index is 459. The Morgan fingerprint density at radius 3 is 2.74 bits per heavy atom. The molecule has 0 saturated carbocycles. The third kappa shape index (κ3) is 4.49. The van der Waals surface area contributed by atoms with Crippen LogP contribution in [-0.4, -0.2) is 19.2 Å². The van der Waals surface area contributed by atoms with Crippen LogP contribution in [0.5, 0.6) is 5.75 Å². The second-order valence-electron chi connectivity index (χ2n) is 4.55. The molecule has 19 heavy (non-hydrogen) atoms. The van der Waals surface area contributed by atoms with Crippen LogP contribution >= 0.6 is 0 Å². The minimum Gasteiger partial charge on any atom is -0.490 e. The van der Waals surface area contributed by atoms with E-state index in [4.69, 9.17) is 10.00 Å². The van der Waals surface area contributed by atoms with Crippen LogP contribution in [0.3, 0.4) is 0 Å². The highest BCUT2D eigenvalue weighted by Gasteiger charge is 2.19. The summed E-state index contributed by atoms with van der Waals surface area (Å²) >= 11 is 0. The quantitative estimate of drug-likeness (QED) is 0.773. The first-order chi connectivity index (χ1) is 9.02. The Morgan fingerprint density at radius 1 is 1.37 bits per heavy atom. The van der Waals surface area contributed by atoms with E-state index in [1.165, 1.54) is 12.1 Å². The summed E-state index contributed by atoms with van der Waals surface area (Å²) in [5.74, 6) is -1.94. The molecular weight excluding hydrogens is 250 g/mol. The summed E-state index contributed by atoms with van der Waals surface area (Å²) in [5, 5.41) is 11.9. The first-order valence-corrected chi connectivity index (χ1v) is 6.19. The average Bonchev–Trinajstić information content (AvgIpc) is 2.42. The molecule has 0 aliphatic rings. The minimum atomic E-state index is -0.959. The van der Waals surface area contributed by atoms with Crippen molar-refractivity contribution in [3.63, 3.8) is 0 Å². The van der Waals surface area contributed by atoms with Crippen molar-refractivity contribution in [1.29, 1.82) is 5.26 Å². The van der Waals surface area contributed by atoms with Crippen molar-refractivity contribution in [2.24, 2.45) is 0 Å². The van der Waals surface area contributed by atoms with Crippen LogP contribution in [0.4, 0.5) is 8.78 Å². The summed E-state index contributed by atoms with van der Waals surface area (Å²) in [6.45, 7) is 2.12. The smallest absolute Gasteiger partial charge is 0.200 e. The summed E-state index contributed by atoms with van der Waals surface area (Å²) in [6.07, 6.45) is 2.12. The predicted molar refractivity (Wildman–Crippen MR) is 68.8 cm³/mol. The molecule has 0 heterocycles. The van der Waals surface area contributed by atoms with Crippen LogP contribution in [0.1, 0.15) is 26.2 Å². The molecule has 0 saturated heterocycles. The summed E-state index contributed by atoms with van der Waals surface area (Å²) in [7, 11) is 1.74. The number of hydrogen-bond acceptors (Lipinski definition) is 3. The highest BCUT2D eigenvalue weighted by molar-refractivity contribution is 5.24. The van der Waals surface area contributed by atoms with Gasteiger partial charge in [-0.3, -0.25) is 0 Å². The fraction of sp³-hybridized carbons (Fsp3) is 0.500. The van der Waals surface area contributed by atoms with Crippen molar-refractivity contribution >= 4 is 0 Å². The molecule has 5 heteroatoms. The van der Waals surface area contributed by atoms with E-state index in [1.54, 1.807) is 7.05 Å². The molecule has 0 bridgehead atoms. The van der Waals surface area contributed by atoms with Crippen molar-refractivity contribution in [1.82, 2.24) is 5.32 Å². The molecular formula is C14H18F2N2O. The third-order valence-electron chi connectivity index (χ3n) is 3.04. The van der Waals surface area contributed by atoms with Crippen molar-refractivity contribution in [3.8, 4) is 11.8 Å². The van der Waals surface area contributed by atoms with Gasteiger partial charge >= 0.3 is 0 Å². The minimum absolute atomic E-state index is 0.0725. The van der Waals surface area contributed by atoms with Crippen LogP contribution in [0.25, 0.3) is 0 Å². The number of rotatable bonds is 7. The number of hydrogen-bond donors (Lipinski definition) is 1. The van der Waals surface area contributed by atoms with Gasteiger partial charge in [0.2, 0.25) is 5.82 Å². The van der Waals surface area contributed by atoms with E-state index >= 15 is 0 Å². The highest BCUT2D eigenvalue weighted by Crippen LogP contribution is 2.19. The summed E-state index contributed by atoms with van der Waals surface area (Å²) in [5.41, 5.74) is -0.551. The lowest BCUT2D eigenvalue weighted by Gasteiger charge is -2.20. The van der Waals surface area contributed by atoms with Gasteiger partial charge in [0.1, 0.15) is 5.54 Å². The van der Waals surface area contributed by atoms with Gasteiger partial charge in [0.15, 0.2) is 11.6 Å². The van der Waals surface area contributed by atoms with Gasteiger partial charge in [-0.25, -0.2) is 4.39 Å². The molecule has 1 rings (SSSR count). The topological polar surface area (TPSA) is 45.0 Å². The molecule has 0 aliphatic heterocycles. The van der Waals surface area contributed by atoms with Gasteiger partial charge in [-0.05, 0) is 45.4 Å². The first-order valence-electron chi connectivity index (χ1n) is 6.19. The summed E-state index contributed by atoms with van der Waals surface area (Å²) in [6, 6.07) is 6.04. The SMILES string of the molecule is CNC(C)(C#N)CCCCOc1cccc(F)c1F. The zero-order valence-electron chi connectivity index (χ0n) is 11.2. The van der Waals surface area contributed by atoms with Gasteiger partial charge < -0.3 is 10.1 Å². The zero-order valence-corrected chi connectivity index (χ0v) is 11.2. The summed E-state index contributed by atoms with van der Waals surface area (Å²) < 4.78 is 31.3. The van der Waals surface area contributed by atoms with E-state index < -0.39 is 17.2 Å². The van der Waals surface area contributed by atoms with E-state index in [1.807, 2.05) is 6.92 Å². The van der Waals surface area contributed by atoms with Crippen LogP contribution < -0.4 is 10.1 Å². The van der Waals surface area contributed by atoms with Crippen molar-refractivity contribution in [2.45, 2.75) is 31.7 Å². The van der Waals surface area contributed by atoms with Crippen molar-refractivity contribution in [3.05, 3.63) is 29.8 Å². The molecule has 0 radical (unpaired) electrons. The van der Waals surface area contributed by atoms with E-state index in [-0.39, 0.29) is 5.75 Å². The lowest BCUT2D eigenvalue weighted by Crippen LogP contribution is -2.37. The molecule has 0 aromatic heterocycles. The summed E-state index contributed by atoms with van der Waals surface area (Å²) in [4.78, 5) is 0. The second kappa shape index (κ2) is 7.05. The number of halogens is 2. The maximum absolute atomic E-state index is 13.3. The van der Waals surface area contributed by atoms with Gasteiger partial charge in [-0.2, -0.15) is 9.65 Å². The number of ether oxygens (including phenoxy) is 1. The van der Waals surface area contributed by atoms with Crippen molar-refractivity contribution < 1.29 is 13.5 Å². The van der Waals surface area contributed by atoms with Gasteiger partial charge in [0.05, 0.1) is 12.7 Å². The van der Waals surface area contributed by atoms with Crippen LogP contribution in [0.2, 0.25) is 0 Å². The Kier molecular flexibility index (Phi) is 5.71. The largest absolute Gasteiger partial charge is 0.490 e. The fourth-order valence-corrected chi connectivity index (χ4v) is 1.60. The van der Waals surface area contributed by atoms with Crippen LogP contribution in [0, 0.1) is 23.0 Å². The highest BCUT2D eigenvalue weighted by atomic mass is 19.2. The molecule has 104 valence electrons. The normalized spacial score (nSPS) is 13.6. The molecule has 0 amide bonds. The molecule has 0 fully saturated rings. The molecule has 1 unspecified atom stereocenters. The molecule has 0 spiro atoms. The lowest BCUT2D eigenvalue weighted by molar-refractivity contribution is 0.279. The van der Waals surface area contributed by atoms with Crippen molar-refractivity contribution in [2.75, 3.05) is 13.7 Å². The van der Waals surface area contributed by atoms with Crippen LogP contribution in [0.15, 0.2) is 18.2 Å². The molecule has 1 aromatic carbocycles. The van der Waals surface area contributed by atoms with E-state index in [2.05, 4.69) is 11.4 Å². The van der Waals surface area contributed by atoms with Gasteiger partial charge in [0, 0.05) is 0 Å². The maximum Gasteiger partial charge on any atom is 0.200 e. The van der Waals surface area contributed by atoms with Gasteiger partial charge in [0.25, 0.3) is 0 Å². The number of unbranched alkanes of at least 4 members (excludes halogenated alkanes) is 1. The zero-order chi connectivity index (χ0) is 14.3. The lowest BCUT2D eigenvalue weighted by atomic mass is 9.97. The first kappa shape index (κ1) is 15.4. The Balaban J connectivity index is 2.32. The average molecular weight is 268 g/mol. The Hall–Kier alpha value is -1.67. The Labute approximate surface area is 112 Å². The number of nitrogens with one attached hydrogen (secondary N) is 1. The standard InChI is InChI=1S/C14H18F2N2O/c1-14(10-17,18-2)8-3-4-9-19-12-7-5-6-11(15)13(12)16/h5-7,18H,3-4,8-9H2,1-2H3. The predicted octanol–water partition coefficient (Wildman–Crippen LogP) is 3.02. The maximum atomic E-state index is 13.3. The fourth-order valence-electron chi connectivity index (χ4n) is 1.60. The molecule has 1 aromatic rings. The molecule has 1 N–H and O–H groups in total. The van der Waals surface area contributed by atoms with Gasteiger partial charge in [-0.1, -0.05) is 6.07 Å². The second-order valence-corrected chi connectivity index (χ2v) is 4.55.